The first-order chi connectivity index (χ1) is 15.0. The van der Waals surface area contributed by atoms with Crippen LogP contribution in [0.4, 0.5) is 5.13 Å². The van der Waals surface area contributed by atoms with E-state index in [1.54, 1.807) is 10.4 Å². The molecule has 1 saturated heterocycles. The van der Waals surface area contributed by atoms with Gasteiger partial charge in [0.25, 0.3) is 0 Å². The van der Waals surface area contributed by atoms with E-state index in [0.717, 1.165) is 29.5 Å². The zero-order valence-electron chi connectivity index (χ0n) is 17.5. The molecule has 1 aromatic heterocycles. The third-order valence-corrected chi connectivity index (χ3v) is 7.64. The SMILES string of the molecule is Cc1ccc(Cc2nsc(N3CCCN(S(=O)(=O)/C=C/c4ccccc4)CC3)n2)cc1. The highest BCUT2D eigenvalue weighted by Gasteiger charge is 2.24. The quantitative estimate of drug-likeness (QED) is 0.564. The molecule has 31 heavy (non-hydrogen) atoms. The molecule has 0 amide bonds. The lowest BCUT2D eigenvalue weighted by Crippen LogP contribution is -2.34. The highest BCUT2D eigenvalue weighted by Crippen LogP contribution is 2.22. The lowest BCUT2D eigenvalue weighted by atomic mass is 10.1. The molecule has 3 aromatic rings. The van der Waals surface area contributed by atoms with Crippen LogP contribution in [0.5, 0.6) is 0 Å². The predicted octanol–water partition coefficient (Wildman–Crippen LogP) is 3.95. The number of sulfonamides is 1. The monoisotopic (exact) mass is 454 g/mol. The van der Waals surface area contributed by atoms with E-state index >= 15 is 0 Å². The van der Waals surface area contributed by atoms with Gasteiger partial charge in [0.1, 0.15) is 5.82 Å². The van der Waals surface area contributed by atoms with E-state index in [0.29, 0.717) is 26.1 Å². The topological polar surface area (TPSA) is 66.4 Å². The van der Waals surface area contributed by atoms with Crippen LogP contribution in [-0.2, 0) is 16.4 Å². The Morgan fingerprint density at radius 3 is 2.55 bits per heavy atom. The molecule has 2 aromatic carbocycles. The number of anilines is 1. The molecule has 6 nitrogen and oxygen atoms in total. The number of aryl methyl sites for hydroxylation is 1. The highest BCUT2D eigenvalue weighted by atomic mass is 32.2. The largest absolute Gasteiger partial charge is 0.345 e. The van der Waals surface area contributed by atoms with E-state index in [9.17, 15) is 8.42 Å². The maximum atomic E-state index is 12.8. The van der Waals surface area contributed by atoms with Crippen molar-refractivity contribution in [2.24, 2.45) is 0 Å². The Morgan fingerprint density at radius 2 is 1.77 bits per heavy atom. The molecular formula is C23H26N4O2S2. The van der Waals surface area contributed by atoms with E-state index < -0.39 is 10.0 Å². The van der Waals surface area contributed by atoms with Gasteiger partial charge < -0.3 is 4.90 Å². The molecule has 1 aliphatic heterocycles. The maximum Gasteiger partial charge on any atom is 0.236 e. The molecule has 8 heteroatoms. The summed E-state index contributed by atoms with van der Waals surface area (Å²) in [6.07, 6.45) is 3.11. The number of aromatic nitrogens is 2. The Hall–Kier alpha value is -2.55. The van der Waals surface area contributed by atoms with Gasteiger partial charge in [0.15, 0.2) is 0 Å². The first kappa shape index (κ1) is 21.7. The van der Waals surface area contributed by atoms with Crippen LogP contribution in [0.25, 0.3) is 6.08 Å². The normalized spacial score (nSPS) is 16.0. The Labute approximate surface area is 188 Å². The predicted molar refractivity (Wildman–Crippen MR) is 127 cm³/mol. The highest BCUT2D eigenvalue weighted by molar-refractivity contribution is 7.92. The van der Waals surface area contributed by atoms with Crippen LogP contribution in [-0.4, -0.2) is 48.3 Å². The van der Waals surface area contributed by atoms with Gasteiger partial charge in [-0.15, -0.1) is 0 Å². The van der Waals surface area contributed by atoms with E-state index in [4.69, 9.17) is 4.98 Å². The van der Waals surface area contributed by atoms with Gasteiger partial charge in [-0.3, -0.25) is 0 Å². The second kappa shape index (κ2) is 9.72. The van der Waals surface area contributed by atoms with Crippen LogP contribution >= 0.6 is 11.5 Å². The van der Waals surface area contributed by atoms with Crippen LogP contribution in [0.3, 0.4) is 0 Å². The molecule has 0 unspecified atom stereocenters. The van der Waals surface area contributed by atoms with Crippen molar-refractivity contribution in [2.45, 2.75) is 19.8 Å². The summed E-state index contributed by atoms with van der Waals surface area (Å²) in [5, 5.41) is 2.17. The molecule has 0 bridgehead atoms. The molecule has 0 aliphatic carbocycles. The van der Waals surface area contributed by atoms with Gasteiger partial charge >= 0.3 is 0 Å². The second-order valence-electron chi connectivity index (χ2n) is 7.65. The number of hydrogen-bond acceptors (Lipinski definition) is 6. The van der Waals surface area contributed by atoms with Gasteiger partial charge in [-0.25, -0.2) is 13.4 Å². The summed E-state index contributed by atoms with van der Waals surface area (Å²) in [4.78, 5) is 6.85. The Bertz CT molecular complexity index is 1130. The van der Waals surface area contributed by atoms with Gasteiger partial charge in [-0.1, -0.05) is 60.2 Å². The van der Waals surface area contributed by atoms with Crippen molar-refractivity contribution in [3.8, 4) is 0 Å². The maximum absolute atomic E-state index is 12.8. The summed E-state index contributed by atoms with van der Waals surface area (Å²) in [5.41, 5.74) is 3.30. The first-order valence-electron chi connectivity index (χ1n) is 10.4. The minimum atomic E-state index is -3.46. The summed E-state index contributed by atoms with van der Waals surface area (Å²) >= 11 is 1.39. The van der Waals surface area contributed by atoms with Crippen molar-refractivity contribution in [3.05, 3.63) is 82.5 Å². The molecule has 0 atom stereocenters. The molecule has 4 rings (SSSR count). The van der Waals surface area contributed by atoms with Crippen molar-refractivity contribution in [1.29, 1.82) is 0 Å². The number of hydrogen-bond donors (Lipinski definition) is 0. The molecule has 0 spiro atoms. The smallest absolute Gasteiger partial charge is 0.236 e. The van der Waals surface area contributed by atoms with Crippen molar-refractivity contribution in [1.82, 2.24) is 13.7 Å². The fourth-order valence-electron chi connectivity index (χ4n) is 3.49. The minimum Gasteiger partial charge on any atom is -0.345 e. The molecule has 1 fully saturated rings. The van der Waals surface area contributed by atoms with Gasteiger partial charge in [0.05, 0.1) is 0 Å². The van der Waals surface area contributed by atoms with Crippen LogP contribution < -0.4 is 4.90 Å². The summed E-state index contributed by atoms with van der Waals surface area (Å²) < 4.78 is 31.6. The van der Waals surface area contributed by atoms with Crippen LogP contribution in [0, 0.1) is 6.92 Å². The lowest BCUT2D eigenvalue weighted by Gasteiger charge is -2.19. The third-order valence-electron chi connectivity index (χ3n) is 5.26. The van der Waals surface area contributed by atoms with Gasteiger partial charge in [0, 0.05) is 49.5 Å². The number of rotatable bonds is 6. The summed E-state index contributed by atoms with van der Waals surface area (Å²) in [7, 11) is -3.46. The standard InChI is InChI=1S/C23H26N4O2S2/c1-19-8-10-21(11-9-19)18-22-24-23(30-25-22)26-13-5-14-27(16-15-26)31(28,29)17-12-20-6-3-2-4-7-20/h2-4,6-12,17H,5,13-16,18H2,1H3/b17-12+. The summed E-state index contributed by atoms with van der Waals surface area (Å²) in [5.74, 6) is 0.809. The molecule has 2 heterocycles. The second-order valence-corrected chi connectivity index (χ2v) is 10.2. The Balaban J connectivity index is 1.38. The van der Waals surface area contributed by atoms with Crippen LogP contribution in [0.15, 0.2) is 60.0 Å². The average molecular weight is 455 g/mol. The van der Waals surface area contributed by atoms with E-state index in [2.05, 4.69) is 40.5 Å². The van der Waals surface area contributed by atoms with E-state index in [1.807, 2.05) is 30.3 Å². The number of nitrogens with zero attached hydrogens (tertiary/aromatic N) is 4. The molecule has 162 valence electrons. The molecule has 0 N–H and O–H groups in total. The molecule has 0 radical (unpaired) electrons. The van der Waals surface area contributed by atoms with Gasteiger partial charge in [0.2, 0.25) is 15.2 Å². The van der Waals surface area contributed by atoms with Gasteiger partial charge in [-0.05, 0) is 30.5 Å². The van der Waals surface area contributed by atoms with Crippen molar-refractivity contribution >= 4 is 32.8 Å². The van der Waals surface area contributed by atoms with Crippen molar-refractivity contribution in [2.75, 3.05) is 31.1 Å². The van der Waals surface area contributed by atoms with E-state index in [-0.39, 0.29) is 0 Å². The zero-order chi connectivity index (χ0) is 21.7. The van der Waals surface area contributed by atoms with Crippen molar-refractivity contribution < 1.29 is 8.42 Å². The fraction of sp³-hybridized carbons (Fsp3) is 0.304. The summed E-state index contributed by atoms with van der Waals surface area (Å²) in [6.45, 7) is 4.40. The van der Waals surface area contributed by atoms with E-state index in [1.165, 1.54) is 28.1 Å². The van der Waals surface area contributed by atoms with Crippen LogP contribution in [0.2, 0.25) is 0 Å². The van der Waals surface area contributed by atoms with Crippen molar-refractivity contribution in [3.63, 3.8) is 0 Å². The molecule has 0 saturated carbocycles. The first-order valence-corrected chi connectivity index (χ1v) is 12.6. The third kappa shape index (κ3) is 5.78. The van der Waals surface area contributed by atoms with Gasteiger partial charge in [-0.2, -0.15) is 8.68 Å². The number of benzene rings is 2. The molecule has 1 aliphatic rings. The minimum absolute atomic E-state index is 0.439. The van der Waals surface area contributed by atoms with Crippen LogP contribution in [0.1, 0.15) is 28.9 Å². The zero-order valence-corrected chi connectivity index (χ0v) is 19.1. The lowest BCUT2D eigenvalue weighted by molar-refractivity contribution is 0.440. The average Bonchev–Trinajstić information content (AvgIpc) is 3.08. The fourth-order valence-corrected chi connectivity index (χ4v) is 5.45. The Morgan fingerprint density at radius 1 is 1.00 bits per heavy atom. The Kier molecular flexibility index (Phi) is 6.80. The molecular weight excluding hydrogens is 428 g/mol. The summed E-state index contributed by atoms with van der Waals surface area (Å²) in [6, 6.07) is 17.9.